The van der Waals surface area contributed by atoms with E-state index in [9.17, 15) is 0 Å². The van der Waals surface area contributed by atoms with Crippen molar-refractivity contribution in [2.75, 3.05) is 19.5 Å². The summed E-state index contributed by atoms with van der Waals surface area (Å²) in [7, 11) is -0.802. The molecular formula is C29H52ClP. The average molecular weight is 467 g/mol. The highest BCUT2D eigenvalue weighted by Gasteiger charge is 2.24. The van der Waals surface area contributed by atoms with E-state index in [0.717, 1.165) is 0 Å². The van der Waals surface area contributed by atoms with Crippen molar-refractivity contribution < 1.29 is 12.4 Å². The zero-order valence-corrected chi connectivity index (χ0v) is 22.8. The second-order valence-corrected chi connectivity index (χ2v) is 14.7. The summed E-state index contributed by atoms with van der Waals surface area (Å²) in [6.45, 7) is 11.2. The smallest absolute Gasteiger partial charge is 0.0837 e. The second-order valence-electron chi connectivity index (χ2n) is 10.1. The van der Waals surface area contributed by atoms with Crippen LogP contribution >= 0.6 is 7.26 Å². The fraction of sp³-hybridized carbons (Fsp3) is 0.724. The predicted molar refractivity (Wildman–Crippen MR) is 143 cm³/mol. The van der Waals surface area contributed by atoms with E-state index in [-0.39, 0.29) is 12.4 Å². The van der Waals surface area contributed by atoms with Crippen molar-refractivity contribution >= 4 is 13.3 Å². The molecule has 1 aromatic rings. The first-order chi connectivity index (χ1) is 14.6. The van der Waals surface area contributed by atoms with Gasteiger partial charge < -0.3 is 12.4 Å². The number of halogens is 1. The van der Waals surface area contributed by atoms with Gasteiger partial charge in [0, 0.05) is 20.6 Å². The summed E-state index contributed by atoms with van der Waals surface area (Å²) in [6, 6.07) is 9.01. The molecule has 0 unspecified atom stereocenters. The van der Waals surface area contributed by atoms with E-state index in [1.807, 2.05) is 6.08 Å². The molecule has 0 spiro atoms. The van der Waals surface area contributed by atoms with Crippen molar-refractivity contribution in [3.8, 4) is 0 Å². The highest BCUT2D eigenvalue weighted by molar-refractivity contribution is 7.73. The lowest BCUT2D eigenvalue weighted by Gasteiger charge is -2.18. The molecular weight excluding hydrogens is 415 g/mol. The van der Waals surface area contributed by atoms with E-state index in [1.165, 1.54) is 126 Å². The SMILES string of the molecule is C=Cc1ccc(C[P+](C)(C)CCCCCCCCCCCCCCCCCC)cc1.[Cl-]. The maximum Gasteiger partial charge on any atom is 0.0837 e. The molecule has 0 saturated carbocycles. The van der Waals surface area contributed by atoms with Crippen LogP contribution < -0.4 is 12.4 Å². The van der Waals surface area contributed by atoms with Crippen LogP contribution in [0.3, 0.4) is 0 Å². The van der Waals surface area contributed by atoms with Crippen LogP contribution in [0, 0.1) is 0 Å². The normalized spacial score (nSPS) is 11.3. The van der Waals surface area contributed by atoms with Gasteiger partial charge in [-0.1, -0.05) is 134 Å². The molecule has 0 atom stereocenters. The Balaban J connectivity index is 0.00000900. The molecule has 0 heterocycles. The maximum atomic E-state index is 3.85. The van der Waals surface area contributed by atoms with Crippen LogP contribution in [0.2, 0.25) is 0 Å². The fourth-order valence-electron chi connectivity index (χ4n) is 4.42. The number of hydrogen-bond donors (Lipinski definition) is 0. The third-order valence-corrected chi connectivity index (χ3v) is 9.19. The standard InChI is InChI=1S/C29H52P.ClH/c1-5-7-8-9-10-11-12-13-14-15-16-17-18-19-20-21-26-30(3,4)27-29-24-22-28(6-2)23-25-29;/h6,22-25H,2,5,7-21,26-27H2,1,3-4H3;1H/q+1;/p-1. The quantitative estimate of drug-likeness (QED) is 0.139. The Bertz CT molecular complexity index is 520. The Morgan fingerprint density at radius 3 is 1.42 bits per heavy atom. The molecule has 0 N–H and O–H groups in total. The van der Waals surface area contributed by atoms with Gasteiger partial charge in [-0.2, -0.15) is 0 Å². The van der Waals surface area contributed by atoms with E-state index < -0.39 is 7.26 Å². The van der Waals surface area contributed by atoms with Crippen LogP contribution in [0.4, 0.5) is 0 Å². The van der Waals surface area contributed by atoms with E-state index in [2.05, 4.69) is 51.1 Å². The van der Waals surface area contributed by atoms with E-state index in [1.54, 1.807) is 0 Å². The van der Waals surface area contributed by atoms with Gasteiger partial charge in [0.2, 0.25) is 0 Å². The molecule has 2 heteroatoms. The van der Waals surface area contributed by atoms with Crippen molar-refractivity contribution in [3.63, 3.8) is 0 Å². The summed E-state index contributed by atoms with van der Waals surface area (Å²) in [5.74, 6) is 0. The van der Waals surface area contributed by atoms with Crippen LogP contribution in [0.1, 0.15) is 121 Å². The highest BCUT2D eigenvalue weighted by atomic mass is 35.5. The van der Waals surface area contributed by atoms with Gasteiger partial charge in [0.25, 0.3) is 0 Å². The van der Waals surface area contributed by atoms with Crippen LogP contribution in [0.5, 0.6) is 0 Å². The summed E-state index contributed by atoms with van der Waals surface area (Å²) in [4.78, 5) is 0. The molecule has 0 saturated heterocycles. The Kier molecular flexibility index (Phi) is 20.1. The molecule has 0 aliphatic rings. The van der Waals surface area contributed by atoms with Crippen LogP contribution in [-0.4, -0.2) is 19.5 Å². The lowest BCUT2D eigenvalue weighted by Crippen LogP contribution is -3.00. The third-order valence-electron chi connectivity index (χ3n) is 6.44. The second kappa shape index (κ2) is 20.3. The fourth-order valence-corrected chi connectivity index (χ4v) is 6.86. The molecule has 0 aromatic heterocycles. The van der Waals surface area contributed by atoms with Gasteiger partial charge in [-0.15, -0.1) is 0 Å². The first-order valence-corrected chi connectivity index (χ1v) is 16.2. The minimum Gasteiger partial charge on any atom is -1.00 e. The third kappa shape index (κ3) is 17.9. The van der Waals surface area contributed by atoms with Crippen LogP contribution in [0.25, 0.3) is 6.08 Å². The highest BCUT2D eigenvalue weighted by Crippen LogP contribution is 2.55. The lowest BCUT2D eigenvalue weighted by molar-refractivity contribution is -0.00000671. The molecule has 0 nitrogen and oxygen atoms in total. The molecule has 0 bridgehead atoms. The largest absolute Gasteiger partial charge is 1.00 e. The maximum absolute atomic E-state index is 3.85. The Labute approximate surface area is 202 Å². The summed E-state index contributed by atoms with van der Waals surface area (Å²) in [5.41, 5.74) is 2.74. The zero-order valence-electron chi connectivity index (χ0n) is 21.1. The monoisotopic (exact) mass is 466 g/mol. The molecule has 180 valence electrons. The minimum atomic E-state index is -0.802. The van der Waals surface area contributed by atoms with Crippen molar-refractivity contribution in [1.29, 1.82) is 0 Å². The van der Waals surface area contributed by atoms with Crippen LogP contribution in [-0.2, 0) is 6.16 Å². The molecule has 1 aromatic carbocycles. The van der Waals surface area contributed by atoms with Gasteiger partial charge in [0.05, 0.1) is 12.3 Å². The van der Waals surface area contributed by atoms with E-state index in [0.29, 0.717) is 0 Å². The molecule has 1 rings (SSSR count). The van der Waals surface area contributed by atoms with Crippen molar-refractivity contribution in [3.05, 3.63) is 42.0 Å². The predicted octanol–water partition coefficient (Wildman–Crippen LogP) is 7.37. The van der Waals surface area contributed by atoms with Crippen molar-refractivity contribution in [2.45, 2.75) is 116 Å². The molecule has 0 radical (unpaired) electrons. The minimum absolute atomic E-state index is 0. The Morgan fingerprint density at radius 1 is 0.645 bits per heavy atom. The van der Waals surface area contributed by atoms with Crippen molar-refractivity contribution in [2.24, 2.45) is 0 Å². The zero-order chi connectivity index (χ0) is 21.9. The van der Waals surface area contributed by atoms with Gasteiger partial charge in [-0.25, -0.2) is 0 Å². The summed E-state index contributed by atoms with van der Waals surface area (Å²) in [5, 5.41) is 0. The van der Waals surface area contributed by atoms with Crippen LogP contribution in [0.15, 0.2) is 30.8 Å². The molecule has 0 amide bonds. The molecule has 0 aliphatic heterocycles. The molecule has 0 aliphatic carbocycles. The van der Waals surface area contributed by atoms with Gasteiger partial charge in [-0.05, 0) is 24.0 Å². The van der Waals surface area contributed by atoms with Gasteiger partial charge >= 0.3 is 0 Å². The molecule has 0 fully saturated rings. The van der Waals surface area contributed by atoms with E-state index >= 15 is 0 Å². The Hall–Kier alpha value is -0.320. The van der Waals surface area contributed by atoms with E-state index in [4.69, 9.17) is 0 Å². The number of unbranched alkanes of at least 4 members (excludes halogenated alkanes) is 15. The first kappa shape index (κ1) is 30.7. The summed E-state index contributed by atoms with van der Waals surface area (Å²) in [6.07, 6.45) is 28.0. The topological polar surface area (TPSA) is 0 Å². The van der Waals surface area contributed by atoms with Crippen molar-refractivity contribution in [1.82, 2.24) is 0 Å². The number of benzene rings is 1. The number of hydrogen-bond acceptors (Lipinski definition) is 0. The van der Waals surface area contributed by atoms with Gasteiger partial charge in [-0.3, -0.25) is 0 Å². The lowest BCUT2D eigenvalue weighted by atomic mass is 10.0. The van der Waals surface area contributed by atoms with Gasteiger partial charge in [0.1, 0.15) is 0 Å². The first-order valence-electron chi connectivity index (χ1n) is 13.1. The Morgan fingerprint density at radius 2 is 1.03 bits per heavy atom. The average Bonchev–Trinajstić information content (AvgIpc) is 2.73. The number of rotatable bonds is 20. The van der Waals surface area contributed by atoms with Gasteiger partial charge in [0.15, 0.2) is 0 Å². The summed E-state index contributed by atoms with van der Waals surface area (Å²) >= 11 is 0. The molecule has 31 heavy (non-hydrogen) atoms. The summed E-state index contributed by atoms with van der Waals surface area (Å²) < 4.78 is 0.